The van der Waals surface area contributed by atoms with Gasteiger partial charge in [-0.3, -0.25) is 0 Å². The molecular formula is C12H23BO3. The van der Waals surface area contributed by atoms with Crippen molar-refractivity contribution in [2.24, 2.45) is 0 Å². The largest absolute Gasteiger partial charge is 0.461 e. The van der Waals surface area contributed by atoms with E-state index in [1.54, 1.807) is 7.11 Å². The Hall–Kier alpha value is -0.0551. The van der Waals surface area contributed by atoms with Gasteiger partial charge in [0.2, 0.25) is 0 Å². The number of rotatable bonds is 2. The van der Waals surface area contributed by atoms with Crippen molar-refractivity contribution in [3.63, 3.8) is 0 Å². The lowest BCUT2D eigenvalue weighted by molar-refractivity contribution is 0.00578. The predicted molar refractivity (Wildman–Crippen MR) is 64.5 cm³/mol. The van der Waals surface area contributed by atoms with Crippen molar-refractivity contribution in [3.05, 3.63) is 0 Å². The zero-order valence-electron chi connectivity index (χ0n) is 11.1. The average molecular weight is 226 g/mol. The van der Waals surface area contributed by atoms with E-state index >= 15 is 0 Å². The van der Waals surface area contributed by atoms with E-state index in [1.165, 1.54) is 0 Å². The van der Waals surface area contributed by atoms with Crippen LogP contribution in [0.5, 0.6) is 0 Å². The van der Waals surface area contributed by atoms with Crippen molar-refractivity contribution in [2.75, 3.05) is 7.11 Å². The van der Waals surface area contributed by atoms with Crippen molar-refractivity contribution >= 4 is 7.12 Å². The predicted octanol–water partition coefficient (Wildman–Crippen LogP) is 2.65. The molecule has 92 valence electrons. The van der Waals surface area contributed by atoms with Gasteiger partial charge in [-0.05, 0) is 52.8 Å². The van der Waals surface area contributed by atoms with Gasteiger partial charge in [-0.15, -0.1) is 0 Å². The number of methoxy groups -OCH3 is 1. The van der Waals surface area contributed by atoms with E-state index in [4.69, 9.17) is 14.0 Å². The molecule has 1 aliphatic heterocycles. The quantitative estimate of drug-likeness (QED) is 0.677. The molecule has 3 nitrogen and oxygen atoms in total. The molecule has 0 radical (unpaired) electrons. The van der Waals surface area contributed by atoms with Gasteiger partial charge in [0.15, 0.2) is 0 Å². The molecule has 1 saturated heterocycles. The van der Waals surface area contributed by atoms with Crippen LogP contribution in [0.15, 0.2) is 0 Å². The first-order valence-electron chi connectivity index (χ1n) is 6.24. The van der Waals surface area contributed by atoms with Gasteiger partial charge < -0.3 is 14.0 Å². The Labute approximate surface area is 99.0 Å². The summed E-state index contributed by atoms with van der Waals surface area (Å²) in [5, 5.41) is 0. The summed E-state index contributed by atoms with van der Waals surface area (Å²) in [7, 11) is 1.74. The van der Waals surface area contributed by atoms with Crippen LogP contribution in [0.25, 0.3) is 0 Å². The normalized spacial score (nSPS) is 36.9. The van der Waals surface area contributed by atoms with Crippen LogP contribution in [-0.4, -0.2) is 31.5 Å². The van der Waals surface area contributed by atoms with Crippen molar-refractivity contribution in [2.45, 2.75) is 70.1 Å². The van der Waals surface area contributed by atoms with Gasteiger partial charge in [-0.25, -0.2) is 0 Å². The van der Waals surface area contributed by atoms with Gasteiger partial charge in [0.1, 0.15) is 0 Å². The molecule has 0 aromatic carbocycles. The Balaban J connectivity index is 1.99. The lowest BCUT2D eigenvalue weighted by Gasteiger charge is -2.32. The topological polar surface area (TPSA) is 27.7 Å². The Kier molecular flexibility index (Phi) is 3.10. The Morgan fingerprint density at radius 2 is 1.62 bits per heavy atom. The lowest BCUT2D eigenvalue weighted by Crippen LogP contribution is -2.41. The first-order chi connectivity index (χ1) is 7.36. The first-order valence-corrected chi connectivity index (χ1v) is 6.24. The van der Waals surface area contributed by atoms with E-state index in [-0.39, 0.29) is 18.3 Å². The van der Waals surface area contributed by atoms with Gasteiger partial charge in [-0.2, -0.15) is 0 Å². The monoisotopic (exact) mass is 226 g/mol. The molecule has 2 atom stereocenters. The first kappa shape index (κ1) is 12.4. The standard InChI is InChI=1S/C12H23BO3/c1-11(2)12(3,4)16-13(15-11)9-6-7-10(8-9)14-5/h9-10H,6-8H2,1-5H3. The van der Waals surface area contributed by atoms with Gasteiger partial charge in [0.25, 0.3) is 0 Å². The van der Waals surface area contributed by atoms with Crippen molar-refractivity contribution < 1.29 is 14.0 Å². The maximum Gasteiger partial charge on any atom is 0.461 e. The molecule has 4 heteroatoms. The van der Waals surface area contributed by atoms with Crippen LogP contribution < -0.4 is 0 Å². The summed E-state index contributed by atoms with van der Waals surface area (Å²) in [4.78, 5) is 0. The smallest absolute Gasteiger partial charge is 0.403 e. The van der Waals surface area contributed by atoms with Crippen molar-refractivity contribution in [3.8, 4) is 0 Å². The van der Waals surface area contributed by atoms with Crippen LogP contribution in [0.3, 0.4) is 0 Å². The van der Waals surface area contributed by atoms with Crippen LogP contribution in [-0.2, 0) is 14.0 Å². The fourth-order valence-corrected chi connectivity index (χ4v) is 2.52. The molecule has 1 heterocycles. The molecule has 2 rings (SSSR count). The summed E-state index contributed by atoms with van der Waals surface area (Å²) in [6, 6.07) is 0. The molecule has 0 N–H and O–H groups in total. The summed E-state index contributed by atoms with van der Waals surface area (Å²) >= 11 is 0. The summed E-state index contributed by atoms with van der Waals surface area (Å²) in [5.74, 6) is 0.492. The highest BCUT2D eigenvalue weighted by atomic mass is 16.7. The Bertz CT molecular complexity index is 249. The molecule has 0 bridgehead atoms. The van der Waals surface area contributed by atoms with Crippen LogP contribution in [0.4, 0.5) is 0 Å². The van der Waals surface area contributed by atoms with E-state index in [9.17, 15) is 0 Å². The van der Waals surface area contributed by atoms with Gasteiger partial charge in [0.05, 0.1) is 17.3 Å². The third-order valence-corrected chi connectivity index (χ3v) is 4.41. The fraction of sp³-hybridized carbons (Fsp3) is 1.00. The number of hydrogen-bond acceptors (Lipinski definition) is 3. The summed E-state index contributed by atoms with van der Waals surface area (Å²) < 4.78 is 17.5. The van der Waals surface area contributed by atoms with Crippen LogP contribution in [0, 0.1) is 0 Å². The third-order valence-electron chi connectivity index (χ3n) is 4.41. The second-order valence-electron chi connectivity index (χ2n) is 6.06. The maximum atomic E-state index is 6.06. The van der Waals surface area contributed by atoms with Gasteiger partial charge in [-0.1, -0.05) is 0 Å². The molecule has 16 heavy (non-hydrogen) atoms. The van der Waals surface area contributed by atoms with Crippen LogP contribution >= 0.6 is 0 Å². The van der Waals surface area contributed by atoms with Crippen molar-refractivity contribution in [1.82, 2.24) is 0 Å². The highest BCUT2D eigenvalue weighted by Gasteiger charge is 2.54. The van der Waals surface area contributed by atoms with Gasteiger partial charge >= 0.3 is 7.12 Å². The molecule has 0 spiro atoms. The zero-order chi connectivity index (χ0) is 12.0. The highest BCUT2D eigenvalue weighted by molar-refractivity contribution is 6.47. The summed E-state index contributed by atoms with van der Waals surface area (Å²) in [6.07, 6.45) is 3.73. The SMILES string of the molecule is COC1CCC(B2OC(C)(C)C(C)(C)O2)C1. The fourth-order valence-electron chi connectivity index (χ4n) is 2.52. The average Bonchev–Trinajstić information content (AvgIpc) is 2.70. The molecule has 0 aromatic heterocycles. The molecule has 2 fully saturated rings. The molecule has 2 unspecified atom stereocenters. The van der Waals surface area contributed by atoms with E-state index in [0.29, 0.717) is 11.9 Å². The Morgan fingerprint density at radius 3 is 2.06 bits per heavy atom. The molecule has 1 saturated carbocycles. The van der Waals surface area contributed by atoms with E-state index < -0.39 is 0 Å². The minimum atomic E-state index is -0.206. The third kappa shape index (κ3) is 2.03. The van der Waals surface area contributed by atoms with Crippen LogP contribution in [0.2, 0.25) is 5.82 Å². The van der Waals surface area contributed by atoms with Crippen LogP contribution in [0.1, 0.15) is 47.0 Å². The number of hydrogen-bond donors (Lipinski definition) is 0. The Morgan fingerprint density at radius 1 is 1.06 bits per heavy atom. The molecule has 2 aliphatic rings. The minimum absolute atomic E-state index is 0.0508. The van der Waals surface area contributed by atoms with Gasteiger partial charge in [0, 0.05) is 7.11 Å². The number of ether oxygens (including phenoxy) is 1. The second-order valence-corrected chi connectivity index (χ2v) is 6.06. The van der Waals surface area contributed by atoms with E-state index in [0.717, 1.165) is 19.3 Å². The van der Waals surface area contributed by atoms with E-state index in [1.807, 2.05) is 0 Å². The van der Waals surface area contributed by atoms with E-state index in [2.05, 4.69) is 27.7 Å². The highest BCUT2D eigenvalue weighted by Crippen LogP contribution is 2.45. The summed E-state index contributed by atoms with van der Waals surface area (Å²) in [6.45, 7) is 8.43. The molecule has 0 amide bonds. The summed E-state index contributed by atoms with van der Waals surface area (Å²) in [5.41, 5.74) is -0.411. The second kappa shape index (κ2) is 4.00. The molecule has 1 aliphatic carbocycles. The minimum Gasteiger partial charge on any atom is -0.403 e. The zero-order valence-corrected chi connectivity index (χ0v) is 11.1. The van der Waals surface area contributed by atoms with Crippen molar-refractivity contribution in [1.29, 1.82) is 0 Å². The lowest BCUT2D eigenvalue weighted by atomic mass is 9.71. The molecule has 0 aromatic rings. The maximum absolute atomic E-state index is 6.06. The molecular weight excluding hydrogens is 203 g/mol.